The van der Waals surface area contributed by atoms with Crippen LogP contribution >= 0.6 is 0 Å². The van der Waals surface area contributed by atoms with E-state index in [0.717, 1.165) is 18.7 Å². The minimum Gasteiger partial charge on any atom is -0.493 e. The average molecular weight is 348 g/mol. The van der Waals surface area contributed by atoms with Crippen LogP contribution in [0.15, 0.2) is 23.2 Å². The summed E-state index contributed by atoms with van der Waals surface area (Å²) in [5.74, 6) is 2.46. The second kappa shape index (κ2) is 10.1. The zero-order chi connectivity index (χ0) is 18.1. The third-order valence-corrected chi connectivity index (χ3v) is 4.53. The summed E-state index contributed by atoms with van der Waals surface area (Å²) < 4.78 is 10.6. The van der Waals surface area contributed by atoms with Crippen molar-refractivity contribution in [1.82, 2.24) is 10.2 Å². The Bertz CT molecular complexity index is 556. The van der Waals surface area contributed by atoms with Gasteiger partial charge in [-0.05, 0) is 49.5 Å². The molecule has 0 amide bonds. The maximum absolute atomic E-state index is 6.00. The van der Waals surface area contributed by atoms with Crippen LogP contribution in [0.4, 0.5) is 0 Å². The number of likely N-dealkylation sites (tertiary alicyclic amines) is 1. The third-order valence-electron chi connectivity index (χ3n) is 4.53. The molecule has 1 heterocycles. The Morgan fingerprint density at radius 1 is 1.20 bits per heavy atom. The zero-order valence-corrected chi connectivity index (χ0v) is 15.8. The summed E-state index contributed by atoms with van der Waals surface area (Å²) in [6.07, 6.45) is 4.03. The lowest BCUT2D eigenvalue weighted by Gasteiger charge is -2.29. The number of aliphatic imine (C=N–C) groups is 1. The second-order valence-electron chi connectivity index (χ2n) is 6.74. The van der Waals surface area contributed by atoms with Crippen LogP contribution in [0.5, 0.6) is 11.5 Å². The highest BCUT2D eigenvalue weighted by Gasteiger charge is 2.13. The predicted molar refractivity (Wildman–Crippen MR) is 102 cm³/mol. The Hall–Kier alpha value is -1.95. The third kappa shape index (κ3) is 6.46. The number of piperidine rings is 1. The van der Waals surface area contributed by atoms with E-state index in [2.05, 4.69) is 22.1 Å². The monoisotopic (exact) mass is 348 g/mol. The number of nitrogens with zero attached hydrogens (tertiary/aromatic N) is 2. The van der Waals surface area contributed by atoms with Crippen LogP contribution < -0.4 is 20.5 Å². The highest BCUT2D eigenvalue weighted by molar-refractivity contribution is 5.77. The molecule has 1 saturated heterocycles. The van der Waals surface area contributed by atoms with Crippen molar-refractivity contribution in [2.24, 2.45) is 16.6 Å². The summed E-state index contributed by atoms with van der Waals surface area (Å²) in [6.45, 7) is 7.19. The van der Waals surface area contributed by atoms with Crippen LogP contribution in [-0.4, -0.2) is 51.3 Å². The Kier molecular flexibility index (Phi) is 7.85. The van der Waals surface area contributed by atoms with E-state index in [0.29, 0.717) is 29.9 Å². The zero-order valence-electron chi connectivity index (χ0n) is 15.8. The Morgan fingerprint density at radius 3 is 2.60 bits per heavy atom. The molecule has 1 aliphatic rings. The van der Waals surface area contributed by atoms with Gasteiger partial charge in [0.25, 0.3) is 0 Å². The summed E-state index contributed by atoms with van der Waals surface area (Å²) in [4.78, 5) is 6.97. The Morgan fingerprint density at radius 2 is 1.92 bits per heavy atom. The fraction of sp³-hybridized carbons (Fsp3) is 0.632. The summed E-state index contributed by atoms with van der Waals surface area (Å²) >= 11 is 0. The highest BCUT2D eigenvalue weighted by Crippen LogP contribution is 2.27. The lowest BCUT2D eigenvalue weighted by molar-refractivity contribution is 0.201. The van der Waals surface area contributed by atoms with Gasteiger partial charge < -0.3 is 25.4 Å². The molecular weight excluding hydrogens is 316 g/mol. The molecule has 25 heavy (non-hydrogen) atoms. The van der Waals surface area contributed by atoms with Crippen molar-refractivity contribution in [3.63, 3.8) is 0 Å². The molecule has 2 rings (SSSR count). The molecule has 0 spiro atoms. The van der Waals surface area contributed by atoms with Gasteiger partial charge in [-0.3, -0.25) is 0 Å². The first-order chi connectivity index (χ1) is 12.1. The van der Waals surface area contributed by atoms with Crippen molar-refractivity contribution in [2.75, 3.05) is 40.4 Å². The number of benzene rings is 1. The molecule has 0 aromatic heterocycles. The lowest BCUT2D eigenvalue weighted by atomic mass is 10.1. The fourth-order valence-corrected chi connectivity index (χ4v) is 3.14. The number of nitrogens with two attached hydrogens (primary N) is 1. The lowest BCUT2D eigenvalue weighted by Crippen LogP contribution is -2.40. The van der Waals surface area contributed by atoms with Crippen molar-refractivity contribution in [2.45, 2.75) is 32.7 Å². The molecule has 0 saturated carbocycles. The molecule has 6 nitrogen and oxygen atoms in total. The standard InChI is InChI=1S/C19H32N4O2/c1-15(14-23-9-5-4-6-10-23)12-21-19(20)22-13-16-7-8-17(24-2)18(11-16)25-3/h7-8,11,15H,4-6,9-10,12-14H2,1-3H3,(H3,20,21,22)/t15-/m0/s1. The number of ether oxygens (including phenoxy) is 2. The van der Waals surface area contributed by atoms with E-state index >= 15 is 0 Å². The van der Waals surface area contributed by atoms with Crippen LogP contribution in [0.25, 0.3) is 0 Å². The van der Waals surface area contributed by atoms with Crippen LogP contribution in [-0.2, 0) is 6.54 Å². The van der Waals surface area contributed by atoms with Gasteiger partial charge in [-0.25, -0.2) is 4.99 Å². The number of nitrogens with one attached hydrogen (secondary N) is 1. The summed E-state index contributed by atoms with van der Waals surface area (Å²) in [6, 6.07) is 5.78. The first kappa shape index (κ1) is 19.4. The van der Waals surface area contributed by atoms with E-state index < -0.39 is 0 Å². The van der Waals surface area contributed by atoms with Crippen molar-refractivity contribution in [1.29, 1.82) is 0 Å². The van der Waals surface area contributed by atoms with E-state index in [1.165, 1.54) is 32.4 Å². The SMILES string of the molecule is COc1ccc(CN=C(N)NC[C@H](C)CN2CCCCC2)cc1OC. The van der Waals surface area contributed by atoms with E-state index in [-0.39, 0.29) is 0 Å². The Balaban J connectivity index is 1.77. The number of hydrogen-bond donors (Lipinski definition) is 2. The molecule has 0 bridgehead atoms. The summed E-state index contributed by atoms with van der Waals surface area (Å²) in [7, 11) is 3.26. The van der Waals surface area contributed by atoms with Crippen molar-refractivity contribution in [3.05, 3.63) is 23.8 Å². The molecule has 1 atom stereocenters. The molecule has 6 heteroatoms. The van der Waals surface area contributed by atoms with E-state index in [4.69, 9.17) is 15.2 Å². The smallest absolute Gasteiger partial charge is 0.188 e. The molecule has 1 aliphatic heterocycles. The minimum absolute atomic E-state index is 0.486. The molecule has 0 aliphatic carbocycles. The van der Waals surface area contributed by atoms with Gasteiger partial charge >= 0.3 is 0 Å². The molecule has 0 radical (unpaired) electrons. The van der Waals surface area contributed by atoms with Crippen LogP contribution in [0.3, 0.4) is 0 Å². The molecule has 0 unspecified atom stereocenters. The highest BCUT2D eigenvalue weighted by atomic mass is 16.5. The van der Waals surface area contributed by atoms with Crippen molar-refractivity contribution < 1.29 is 9.47 Å². The quantitative estimate of drug-likeness (QED) is 0.557. The van der Waals surface area contributed by atoms with E-state index in [1.54, 1.807) is 14.2 Å². The number of rotatable bonds is 8. The molecule has 1 fully saturated rings. The van der Waals surface area contributed by atoms with Gasteiger partial charge in [-0.2, -0.15) is 0 Å². The first-order valence-corrected chi connectivity index (χ1v) is 9.09. The fourth-order valence-electron chi connectivity index (χ4n) is 3.14. The van der Waals surface area contributed by atoms with Crippen molar-refractivity contribution in [3.8, 4) is 11.5 Å². The van der Waals surface area contributed by atoms with Gasteiger partial charge in [0.15, 0.2) is 17.5 Å². The topological polar surface area (TPSA) is 72.1 Å². The normalized spacial score (nSPS) is 17.2. The second-order valence-corrected chi connectivity index (χ2v) is 6.74. The predicted octanol–water partition coefficient (Wildman–Crippen LogP) is 2.23. The summed E-state index contributed by atoms with van der Waals surface area (Å²) in [5, 5.41) is 3.24. The Labute approximate surface area is 151 Å². The molecule has 1 aromatic carbocycles. The summed E-state index contributed by atoms with van der Waals surface area (Å²) in [5.41, 5.74) is 7.03. The molecule has 1 aromatic rings. The van der Waals surface area contributed by atoms with Gasteiger partial charge in [0.05, 0.1) is 20.8 Å². The van der Waals surface area contributed by atoms with Gasteiger partial charge in [0.2, 0.25) is 0 Å². The van der Waals surface area contributed by atoms with Crippen molar-refractivity contribution >= 4 is 5.96 Å². The molecular formula is C19H32N4O2. The van der Waals surface area contributed by atoms with Gasteiger partial charge in [0, 0.05) is 13.1 Å². The number of guanidine groups is 1. The van der Waals surface area contributed by atoms with Gasteiger partial charge in [0.1, 0.15) is 0 Å². The maximum atomic E-state index is 6.00. The van der Waals surface area contributed by atoms with E-state index in [1.807, 2.05) is 18.2 Å². The van der Waals surface area contributed by atoms with Crippen LogP contribution in [0.2, 0.25) is 0 Å². The molecule has 3 N–H and O–H groups in total. The molecule has 140 valence electrons. The van der Waals surface area contributed by atoms with Gasteiger partial charge in [-0.15, -0.1) is 0 Å². The van der Waals surface area contributed by atoms with Crippen LogP contribution in [0, 0.1) is 5.92 Å². The minimum atomic E-state index is 0.486. The number of hydrogen-bond acceptors (Lipinski definition) is 4. The van der Waals surface area contributed by atoms with E-state index in [9.17, 15) is 0 Å². The largest absolute Gasteiger partial charge is 0.493 e. The number of methoxy groups -OCH3 is 2. The van der Waals surface area contributed by atoms with Crippen LogP contribution in [0.1, 0.15) is 31.7 Å². The first-order valence-electron chi connectivity index (χ1n) is 9.09. The average Bonchev–Trinajstić information content (AvgIpc) is 2.65. The van der Waals surface area contributed by atoms with Gasteiger partial charge in [-0.1, -0.05) is 19.4 Å². The maximum Gasteiger partial charge on any atom is 0.188 e.